The fourth-order valence-corrected chi connectivity index (χ4v) is 3.56. The van der Waals surface area contributed by atoms with Gasteiger partial charge in [0.15, 0.2) is 0 Å². The summed E-state index contributed by atoms with van der Waals surface area (Å²) in [7, 11) is 0. The Balaban J connectivity index is 1.41. The number of hydrogen-bond donors (Lipinski definition) is 2. The van der Waals surface area contributed by atoms with Crippen LogP contribution in [0.1, 0.15) is 31.9 Å². The molecule has 1 saturated heterocycles. The Morgan fingerprint density at radius 2 is 1.90 bits per heavy atom. The van der Waals surface area contributed by atoms with Gasteiger partial charge in [-0.3, -0.25) is 0 Å². The second kappa shape index (κ2) is 8.59. The van der Waals surface area contributed by atoms with Gasteiger partial charge in [-0.05, 0) is 37.5 Å². The van der Waals surface area contributed by atoms with Crippen LogP contribution in [0.25, 0.3) is 5.65 Å². The highest BCUT2D eigenvalue weighted by Crippen LogP contribution is 2.26. The summed E-state index contributed by atoms with van der Waals surface area (Å²) in [6.45, 7) is 4.22. The van der Waals surface area contributed by atoms with Crippen molar-refractivity contribution < 1.29 is 0 Å². The van der Waals surface area contributed by atoms with E-state index < -0.39 is 0 Å². The lowest BCUT2D eigenvalue weighted by Gasteiger charge is -2.32. The molecule has 0 radical (unpaired) electrons. The van der Waals surface area contributed by atoms with Crippen LogP contribution in [0.15, 0.2) is 55.0 Å². The van der Waals surface area contributed by atoms with Gasteiger partial charge in [0.05, 0.1) is 0 Å². The number of rotatable bonds is 8. The number of aromatic nitrogens is 5. The van der Waals surface area contributed by atoms with Crippen molar-refractivity contribution in [2.45, 2.75) is 32.6 Å². The summed E-state index contributed by atoms with van der Waals surface area (Å²) < 4.78 is 1.97. The standard InChI is InChI=1S/C23H26N8/c1-2-3-6-17-7-4-8-19(25-17)27-23-28-20(16-22(29-23)30-11-5-12-30)26-18-9-13-31-14-10-24-21(31)15-18/h4,7-10,13-16H,2-3,5-6,11-12H2,1H3,(H2,25,26,27,28,29). The summed E-state index contributed by atoms with van der Waals surface area (Å²) in [6, 6.07) is 12.0. The third-order valence-electron chi connectivity index (χ3n) is 5.40. The highest BCUT2D eigenvalue weighted by Gasteiger charge is 2.18. The molecule has 0 spiro atoms. The van der Waals surface area contributed by atoms with Crippen molar-refractivity contribution in [1.29, 1.82) is 0 Å². The minimum atomic E-state index is 0.536. The average molecular weight is 415 g/mol. The number of aryl methyl sites for hydroxylation is 1. The Hall–Kier alpha value is -3.68. The maximum Gasteiger partial charge on any atom is 0.232 e. The van der Waals surface area contributed by atoms with Gasteiger partial charge in [0.1, 0.15) is 23.1 Å². The highest BCUT2D eigenvalue weighted by molar-refractivity contribution is 5.66. The Labute approximate surface area is 181 Å². The molecule has 8 nitrogen and oxygen atoms in total. The molecule has 5 heterocycles. The second-order valence-corrected chi connectivity index (χ2v) is 7.75. The largest absolute Gasteiger partial charge is 0.356 e. The number of pyridine rings is 2. The quantitative estimate of drug-likeness (QED) is 0.437. The van der Waals surface area contributed by atoms with Gasteiger partial charge in [-0.2, -0.15) is 9.97 Å². The molecule has 0 aromatic carbocycles. The van der Waals surface area contributed by atoms with E-state index in [9.17, 15) is 0 Å². The number of fused-ring (bicyclic) bond motifs is 1. The molecule has 0 atom stereocenters. The topological polar surface area (TPSA) is 83.3 Å². The van der Waals surface area contributed by atoms with Crippen LogP contribution in [0.3, 0.4) is 0 Å². The average Bonchev–Trinajstić information content (AvgIpc) is 3.19. The molecule has 1 aliphatic rings. The van der Waals surface area contributed by atoms with Crippen LogP contribution in [-0.2, 0) is 6.42 Å². The van der Waals surface area contributed by atoms with Gasteiger partial charge < -0.3 is 19.9 Å². The predicted octanol–water partition coefficient (Wildman–Crippen LogP) is 4.56. The molecule has 0 amide bonds. The zero-order chi connectivity index (χ0) is 21.0. The first kappa shape index (κ1) is 19.3. The maximum absolute atomic E-state index is 4.73. The Kier molecular flexibility index (Phi) is 5.35. The van der Waals surface area contributed by atoms with E-state index in [1.165, 1.54) is 6.42 Å². The van der Waals surface area contributed by atoms with E-state index in [1.54, 1.807) is 6.20 Å². The Bertz CT molecular complexity index is 1180. The molecule has 0 saturated carbocycles. The van der Waals surface area contributed by atoms with E-state index >= 15 is 0 Å². The molecule has 0 bridgehead atoms. The van der Waals surface area contributed by atoms with Gasteiger partial charge >= 0.3 is 0 Å². The second-order valence-electron chi connectivity index (χ2n) is 7.75. The third-order valence-corrected chi connectivity index (χ3v) is 5.40. The summed E-state index contributed by atoms with van der Waals surface area (Å²) in [6.07, 6.45) is 10.1. The summed E-state index contributed by atoms with van der Waals surface area (Å²) in [5.41, 5.74) is 2.89. The minimum absolute atomic E-state index is 0.536. The van der Waals surface area contributed by atoms with Crippen LogP contribution in [-0.4, -0.2) is 37.4 Å². The number of imidazole rings is 1. The third kappa shape index (κ3) is 4.42. The molecular weight excluding hydrogens is 388 g/mol. The van der Waals surface area contributed by atoms with Crippen LogP contribution < -0.4 is 15.5 Å². The fraction of sp³-hybridized carbons (Fsp3) is 0.304. The fourth-order valence-electron chi connectivity index (χ4n) is 3.56. The smallest absolute Gasteiger partial charge is 0.232 e. The lowest BCUT2D eigenvalue weighted by molar-refractivity contribution is 0.609. The van der Waals surface area contributed by atoms with Crippen LogP contribution in [0.4, 0.5) is 29.1 Å². The Morgan fingerprint density at radius 3 is 2.74 bits per heavy atom. The van der Waals surface area contributed by atoms with Gasteiger partial charge in [0, 0.05) is 55.2 Å². The van der Waals surface area contributed by atoms with Crippen molar-refractivity contribution in [3.05, 3.63) is 60.7 Å². The molecule has 8 heteroatoms. The van der Waals surface area contributed by atoms with Crippen LogP contribution in [0.5, 0.6) is 0 Å². The van der Waals surface area contributed by atoms with Crippen molar-refractivity contribution >= 4 is 34.7 Å². The van der Waals surface area contributed by atoms with E-state index in [4.69, 9.17) is 15.0 Å². The van der Waals surface area contributed by atoms with Crippen LogP contribution in [0, 0.1) is 0 Å². The highest BCUT2D eigenvalue weighted by atomic mass is 15.3. The molecular formula is C23H26N8. The summed E-state index contributed by atoms with van der Waals surface area (Å²) >= 11 is 0. The minimum Gasteiger partial charge on any atom is -0.356 e. The van der Waals surface area contributed by atoms with E-state index in [0.717, 1.165) is 66.8 Å². The molecule has 31 heavy (non-hydrogen) atoms. The number of anilines is 5. The molecule has 158 valence electrons. The summed E-state index contributed by atoms with van der Waals surface area (Å²) in [5, 5.41) is 6.70. The van der Waals surface area contributed by atoms with Crippen LogP contribution >= 0.6 is 0 Å². The van der Waals surface area contributed by atoms with Gasteiger partial charge in [0.2, 0.25) is 5.95 Å². The van der Waals surface area contributed by atoms with Gasteiger partial charge in [-0.25, -0.2) is 9.97 Å². The maximum atomic E-state index is 4.73. The van der Waals surface area contributed by atoms with E-state index in [0.29, 0.717) is 5.95 Å². The zero-order valence-electron chi connectivity index (χ0n) is 17.6. The Morgan fingerprint density at radius 1 is 0.968 bits per heavy atom. The van der Waals surface area contributed by atoms with Crippen molar-refractivity contribution in [3.8, 4) is 0 Å². The number of hydrogen-bond acceptors (Lipinski definition) is 7. The molecule has 4 aromatic rings. The van der Waals surface area contributed by atoms with Crippen molar-refractivity contribution in [2.75, 3.05) is 28.6 Å². The first-order chi connectivity index (χ1) is 15.3. The molecule has 1 fully saturated rings. The molecule has 4 aromatic heterocycles. The normalized spacial score (nSPS) is 13.3. The lowest BCUT2D eigenvalue weighted by atomic mass is 10.2. The number of nitrogens with one attached hydrogen (secondary N) is 2. The SMILES string of the molecule is CCCCc1cccc(Nc2nc(Nc3ccn4ccnc4c3)cc(N3CCC3)n2)n1. The van der Waals surface area contributed by atoms with Crippen molar-refractivity contribution in [1.82, 2.24) is 24.3 Å². The number of unbranched alkanes of at least 4 members (excludes halogenated alkanes) is 1. The van der Waals surface area contributed by atoms with E-state index in [-0.39, 0.29) is 0 Å². The molecule has 1 aliphatic heterocycles. The number of nitrogens with zero attached hydrogens (tertiary/aromatic N) is 6. The summed E-state index contributed by atoms with van der Waals surface area (Å²) in [5.74, 6) is 2.95. The van der Waals surface area contributed by atoms with Gasteiger partial charge in [0.25, 0.3) is 0 Å². The van der Waals surface area contributed by atoms with E-state index in [1.807, 2.05) is 47.1 Å². The predicted molar refractivity (Wildman–Crippen MR) is 123 cm³/mol. The monoisotopic (exact) mass is 414 g/mol. The molecule has 5 rings (SSSR count). The van der Waals surface area contributed by atoms with Gasteiger partial charge in [-0.15, -0.1) is 0 Å². The van der Waals surface area contributed by atoms with E-state index in [2.05, 4.69) is 33.5 Å². The molecule has 2 N–H and O–H groups in total. The first-order valence-corrected chi connectivity index (χ1v) is 10.8. The van der Waals surface area contributed by atoms with Gasteiger partial charge in [-0.1, -0.05) is 19.4 Å². The van der Waals surface area contributed by atoms with Crippen LogP contribution in [0.2, 0.25) is 0 Å². The lowest BCUT2D eigenvalue weighted by Crippen LogP contribution is -2.37. The van der Waals surface area contributed by atoms with Crippen molar-refractivity contribution in [2.24, 2.45) is 0 Å². The first-order valence-electron chi connectivity index (χ1n) is 10.8. The molecule has 0 unspecified atom stereocenters. The molecule has 0 aliphatic carbocycles. The van der Waals surface area contributed by atoms with Crippen molar-refractivity contribution in [3.63, 3.8) is 0 Å². The summed E-state index contributed by atoms with van der Waals surface area (Å²) in [4.78, 5) is 20.8. The zero-order valence-corrected chi connectivity index (χ0v) is 17.6.